The predicted molar refractivity (Wildman–Crippen MR) is 134 cm³/mol. The lowest BCUT2D eigenvalue weighted by Crippen LogP contribution is -2.41. The summed E-state index contributed by atoms with van der Waals surface area (Å²) in [6.07, 6.45) is 11.2. The summed E-state index contributed by atoms with van der Waals surface area (Å²) >= 11 is 0. The minimum absolute atomic E-state index is 0.0285. The van der Waals surface area contributed by atoms with Crippen molar-refractivity contribution in [2.75, 3.05) is 18.4 Å². The third-order valence-electron chi connectivity index (χ3n) is 7.66. The van der Waals surface area contributed by atoms with Gasteiger partial charge in [0.1, 0.15) is 0 Å². The Morgan fingerprint density at radius 2 is 1.82 bits per heavy atom. The molecule has 1 saturated heterocycles. The summed E-state index contributed by atoms with van der Waals surface area (Å²) in [5.41, 5.74) is 1.97. The van der Waals surface area contributed by atoms with Crippen LogP contribution in [0.5, 0.6) is 0 Å². The first kappa shape index (κ1) is 24.1. The first-order chi connectivity index (χ1) is 15.9. The van der Waals surface area contributed by atoms with E-state index in [2.05, 4.69) is 49.1 Å². The SMILES string of the molecule is CCCC(C)Nc1ncc2c(=O)n(C3CCN(C(C)C)CC3)cc(C3CCC(O)CC3)c2n1. The highest BCUT2D eigenvalue weighted by atomic mass is 16.3. The van der Waals surface area contributed by atoms with Crippen LogP contribution in [0, 0.1) is 0 Å². The number of hydrogen-bond donors (Lipinski definition) is 2. The van der Waals surface area contributed by atoms with Crippen LogP contribution < -0.4 is 10.9 Å². The molecule has 0 aromatic carbocycles. The molecule has 1 aliphatic carbocycles. The molecule has 2 aromatic heterocycles. The van der Waals surface area contributed by atoms with Crippen LogP contribution in [0.1, 0.15) is 96.6 Å². The van der Waals surface area contributed by atoms with Gasteiger partial charge in [-0.1, -0.05) is 13.3 Å². The maximum Gasteiger partial charge on any atom is 0.261 e. The first-order valence-corrected chi connectivity index (χ1v) is 13.0. The number of likely N-dealkylation sites (tertiary alicyclic amines) is 1. The molecule has 33 heavy (non-hydrogen) atoms. The summed E-state index contributed by atoms with van der Waals surface area (Å²) in [4.78, 5) is 25.5. The van der Waals surface area contributed by atoms with Crippen molar-refractivity contribution in [1.29, 1.82) is 0 Å². The molecular formula is C26H41N5O2. The van der Waals surface area contributed by atoms with Crippen LogP contribution in [-0.2, 0) is 0 Å². The first-order valence-electron chi connectivity index (χ1n) is 13.0. The molecule has 2 N–H and O–H groups in total. The molecular weight excluding hydrogens is 414 g/mol. The van der Waals surface area contributed by atoms with Gasteiger partial charge in [-0.2, -0.15) is 0 Å². The van der Waals surface area contributed by atoms with Crippen molar-refractivity contribution in [2.45, 2.75) is 109 Å². The number of pyridine rings is 1. The van der Waals surface area contributed by atoms with Gasteiger partial charge in [0, 0.05) is 43.6 Å². The number of aliphatic hydroxyl groups excluding tert-OH is 1. The lowest BCUT2D eigenvalue weighted by atomic mass is 9.82. The molecule has 7 heteroatoms. The Balaban J connectivity index is 1.72. The minimum Gasteiger partial charge on any atom is -0.393 e. The average Bonchev–Trinajstić information content (AvgIpc) is 2.80. The molecule has 1 saturated carbocycles. The fourth-order valence-corrected chi connectivity index (χ4v) is 5.60. The van der Waals surface area contributed by atoms with Crippen molar-refractivity contribution in [3.63, 3.8) is 0 Å². The van der Waals surface area contributed by atoms with E-state index in [0.29, 0.717) is 23.3 Å². The van der Waals surface area contributed by atoms with Gasteiger partial charge >= 0.3 is 0 Å². The van der Waals surface area contributed by atoms with Gasteiger partial charge in [-0.15, -0.1) is 0 Å². The van der Waals surface area contributed by atoms with Crippen LogP contribution in [0.3, 0.4) is 0 Å². The Labute approximate surface area is 197 Å². The van der Waals surface area contributed by atoms with E-state index in [0.717, 1.165) is 75.5 Å². The minimum atomic E-state index is -0.208. The molecule has 1 atom stereocenters. The number of nitrogens with zero attached hydrogens (tertiary/aromatic N) is 4. The summed E-state index contributed by atoms with van der Waals surface area (Å²) in [7, 11) is 0. The van der Waals surface area contributed by atoms with E-state index < -0.39 is 0 Å². The zero-order valence-corrected chi connectivity index (χ0v) is 20.8. The summed E-state index contributed by atoms with van der Waals surface area (Å²) in [5.74, 6) is 0.914. The van der Waals surface area contributed by atoms with Crippen molar-refractivity contribution >= 4 is 16.9 Å². The molecule has 7 nitrogen and oxygen atoms in total. The van der Waals surface area contributed by atoms with Gasteiger partial charge in [-0.25, -0.2) is 9.97 Å². The highest BCUT2D eigenvalue weighted by molar-refractivity contribution is 5.81. The van der Waals surface area contributed by atoms with Gasteiger partial charge in [0.15, 0.2) is 0 Å². The van der Waals surface area contributed by atoms with E-state index in [1.165, 1.54) is 0 Å². The number of nitrogens with one attached hydrogen (secondary N) is 1. The number of fused-ring (bicyclic) bond motifs is 1. The Kier molecular flexibility index (Phi) is 7.69. The largest absolute Gasteiger partial charge is 0.393 e. The van der Waals surface area contributed by atoms with Gasteiger partial charge in [-0.05, 0) is 77.2 Å². The molecule has 1 unspecified atom stereocenters. The van der Waals surface area contributed by atoms with Gasteiger partial charge in [0.25, 0.3) is 5.56 Å². The number of anilines is 1. The number of piperidine rings is 1. The highest BCUT2D eigenvalue weighted by Crippen LogP contribution is 2.36. The zero-order chi connectivity index (χ0) is 23.5. The Hall–Kier alpha value is -1.99. The summed E-state index contributed by atoms with van der Waals surface area (Å²) in [6.45, 7) is 10.8. The van der Waals surface area contributed by atoms with E-state index in [1.807, 2.05) is 4.57 Å². The third kappa shape index (κ3) is 5.40. The molecule has 0 amide bonds. The van der Waals surface area contributed by atoms with Crippen molar-refractivity contribution in [3.8, 4) is 0 Å². The second-order valence-electron chi connectivity index (χ2n) is 10.5. The fourth-order valence-electron chi connectivity index (χ4n) is 5.60. The number of rotatable bonds is 7. The van der Waals surface area contributed by atoms with E-state index in [1.54, 1.807) is 6.20 Å². The van der Waals surface area contributed by atoms with Gasteiger partial charge in [0.05, 0.1) is 17.0 Å². The van der Waals surface area contributed by atoms with E-state index in [-0.39, 0.29) is 23.7 Å². The van der Waals surface area contributed by atoms with Crippen molar-refractivity contribution in [2.24, 2.45) is 0 Å². The third-order valence-corrected chi connectivity index (χ3v) is 7.66. The van der Waals surface area contributed by atoms with Crippen LogP contribution in [0.25, 0.3) is 10.9 Å². The molecule has 0 radical (unpaired) electrons. The van der Waals surface area contributed by atoms with Crippen LogP contribution in [0.15, 0.2) is 17.2 Å². The summed E-state index contributed by atoms with van der Waals surface area (Å²) < 4.78 is 1.98. The van der Waals surface area contributed by atoms with Gasteiger partial charge in [-0.3, -0.25) is 4.79 Å². The average molecular weight is 456 g/mol. The highest BCUT2D eigenvalue weighted by Gasteiger charge is 2.28. The molecule has 2 aliphatic rings. The molecule has 4 rings (SSSR count). The lowest BCUT2D eigenvalue weighted by Gasteiger charge is -2.36. The van der Waals surface area contributed by atoms with Crippen molar-refractivity contribution in [3.05, 3.63) is 28.3 Å². The molecule has 2 aromatic rings. The van der Waals surface area contributed by atoms with E-state index in [9.17, 15) is 9.90 Å². The van der Waals surface area contributed by atoms with Crippen LogP contribution in [-0.4, -0.2) is 55.8 Å². The standard InChI is InChI=1S/C26H41N5O2/c1-5-6-18(4)28-26-27-15-22-24(29-26)23(19-7-9-21(32)10-8-19)16-31(25(22)33)20-11-13-30(14-12-20)17(2)3/h15-21,32H,5-14H2,1-4H3,(H,27,28,29). The molecule has 1 aliphatic heterocycles. The normalized spacial score (nSPS) is 23.8. The summed E-state index contributed by atoms with van der Waals surface area (Å²) in [6, 6.07) is 1.04. The molecule has 2 fully saturated rings. The monoisotopic (exact) mass is 455 g/mol. The Bertz CT molecular complexity index is 988. The molecule has 0 bridgehead atoms. The number of aromatic nitrogens is 3. The van der Waals surface area contributed by atoms with E-state index in [4.69, 9.17) is 4.98 Å². The predicted octanol–water partition coefficient (Wildman–Crippen LogP) is 4.46. The quantitative estimate of drug-likeness (QED) is 0.642. The summed E-state index contributed by atoms with van der Waals surface area (Å²) in [5, 5.41) is 14.1. The fraction of sp³-hybridized carbons (Fsp3) is 0.731. The second-order valence-corrected chi connectivity index (χ2v) is 10.5. The Morgan fingerprint density at radius 3 is 2.45 bits per heavy atom. The van der Waals surface area contributed by atoms with Crippen LogP contribution in [0.4, 0.5) is 5.95 Å². The van der Waals surface area contributed by atoms with E-state index >= 15 is 0 Å². The van der Waals surface area contributed by atoms with Gasteiger partial charge < -0.3 is 19.9 Å². The smallest absolute Gasteiger partial charge is 0.261 e. The van der Waals surface area contributed by atoms with Crippen LogP contribution in [0.2, 0.25) is 0 Å². The molecule has 3 heterocycles. The van der Waals surface area contributed by atoms with Crippen molar-refractivity contribution in [1.82, 2.24) is 19.4 Å². The topological polar surface area (TPSA) is 83.3 Å². The van der Waals surface area contributed by atoms with Crippen molar-refractivity contribution < 1.29 is 5.11 Å². The Morgan fingerprint density at radius 1 is 1.12 bits per heavy atom. The molecule has 0 spiro atoms. The van der Waals surface area contributed by atoms with Gasteiger partial charge in [0.2, 0.25) is 5.95 Å². The van der Waals surface area contributed by atoms with Crippen LogP contribution >= 0.6 is 0 Å². The maximum atomic E-state index is 13.6. The number of hydrogen-bond acceptors (Lipinski definition) is 6. The maximum absolute atomic E-state index is 13.6. The number of aliphatic hydroxyl groups is 1. The second kappa shape index (κ2) is 10.5. The zero-order valence-electron chi connectivity index (χ0n) is 20.8. The lowest BCUT2D eigenvalue weighted by molar-refractivity contribution is 0.122. The molecule has 182 valence electrons.